The van der Waals surface area contributed by atoms with Gasteiger partial charge in [-0.3, -0.25) is 0 Å². The van der Waals surface area contributed by atoms with Gasteiger partial charge < -0.3 is 9.47 Å². The van der Waals surface area contributed by atoms with E-state index < -0.39 is 5.79 Å². The number of hydrogen-bond donors (Lipinski definition) is 0. The Hall–Kier alpha value is 0.620. The third-order valence-electron chi connectivity index (χ3n) is 2.40. The van der Waals surface area contributed by atoms with Gasteiger partial charge in [-0.1, -0.05) is 0 Å². The SMILES string of the molecule is COC(C)(C)O[C@@H](C)CC1SCCCS1. The maximum atomic E-state index is 5.84. The van der Waals surface area contributed by atoms with Gasteiger partial charge in [-0.25, -0.2) is 0 Å². The summed E-state index contributed by atoms with van der Waals surface area (Å²) >= 11 is 4.13. The first kappa shape index (κ1) is 13.7. The molecule has 0 spiro atoms. The second-order valence-corrected chi connectivity index (χ2v) is 7.21. The van der Waals surface area contributed by atoms with Crippen LogP contribution in [0.4, 0.5) is 0 Å². The van der Waals surface area contributed by atoms with Crippen LogP contribution < -0.4 is 0 Å². The van der Waals surface area contributed by atoms with E-state index in [0.29, 0.717) is 4.58 Å². The molecule has 4 heteroatoms. The second kappa shape index (κ2) is 6.38. The highest BCUT2D eigenvalue weighted by Gasteiger charge is 2.24. The quantitative estimate of drug-likeness (QED) is 0.696. The lowest BCUT2D eigenvalue weighted by Crippen LogP contribution is -2.32. The van der Waals surface area contributed by atoms with Gasteiger partial charge in [0, 0.05) is 7.11 Å². The van der Waals surface area contributed by atoms with Crippen molar-refractivity contribution in [2.24, 2.45) is 0 Å². The fourth-order valence-electron chi connectivity index (χ4n) is 1.52. The maximum absolute atomic E-state index is 5.84. The molecule has 1 fully saturated rings. The lowest BCUT2D eigenvalue weighted by Gasteiger charge is -2.30. The summed E-state index contributed by atoms with van der Waals surface area (Å²) in [6.45, 7) is 6.06. The van der Waals surface area contributed by atoms with Gasteiger partial charge in [0.1, 0.15) is 0 Å². The normalized spacial score (nSPS) is 21.6. The molecule has 15 heavy (non-hydrogen) atoms. The van der Waals surface area contributed by atoms with Crippen molar-refractivity contribution in [1.82, 2.24) is 0 Å². The first-order valence-electron chi connectivity index (χ1n) is 5.49. The summed E-state index contributed by atoms with van der Waals surface area (Å²) in [7, 11) is 1.69. The van der Waals surface area contributed by atoms with E-state index >= 15 is 0 Å². The number of methoxy groups -OCH3 is 1. The van der Waals surface area contributed by atoms with Crippen molar-refractivity contribution < 1.29 is 9.47 Å². The Morgan fingerprint density at radius 3 is 2.47 bits per heavy atom. The monoisotopic (exact) mass is 250 g/mol. The zero-order valence-electron chi connectivity index (χ0n) is 10.1. The Labute approximate surface area is 102 Å². The summed E-state index contributed by atoms with van der Waals surface area (Å²) in [6.07, 6.45) is 2.73. The highest BCUT2D eigenvalue weighted by atomic mass is 32.2. The van der Waals surface area contributed by atoms with Crippen LogP contribution in [0.15, 0.2) is 0 Å². The third-order valence-corrected chi connectivity index (χ3v) is 5.39. The minimum absolute atomic E-state index is 0.267. The van der Waals surface area contributed by atoms with E-state index in [9.17, 15) is 0 Å². The minimum atomic E-state index is -0.455. The van der Waals surface area contributed by atoms with Gasteiger partial charge in [-0.15, -0.1) is 23.5 Å². The van der Waals surface area contributed by atoms with Crippen LogP contribution in [0.5, 0.6) is 0 Å². The first-order valence-corrected chi connectivity index (χ1v) is 7.59. The summed E-state index contributed by atoms with van der Waals surface area (Å²) in [5.74, 6) is 2.15. The van der Waals surface area contributed by atoms with Crippen molar-refractivity contribution in [3.05, 3.63) is 0 Å². The Bertz CT molecular complexity index is 179. The molecule has 1 aliphatic rings. The van der Waals surface area contributed by atoms with E-state index in [1.165, 1.54) is 17.9 Å². The average Bonchev–Trinajstić information content (AvgIpc) is 2.18. The van der Waals surface area contributed by atoms with Crippen LogP contribution in [0.3, 0.4) is 0 Å². The van der Waals surface area contributed by atoms with Crippen molar-refractivity contribution in [1.29, 1.82) is 0 Å². The fourth-order valence-corrected chi connectivity index (χ4v) is 4.63. The highest BCUT2D eigenvalue weighted by molar-refractivity contribution is 8.17. The van der Waals surface area contributed by atoms with Crippen molar-refractivity contribution in [3.63, 3.8) is 0 Å². The molecule has 1 heterocycles. The Balaban J connectivity index is 2.25. The maximum Gasteiger partial charge on any atom is 0.162 e. The van der Waals surface area contributed by atoms with Crippen LogP contribution in [0, 0.1) is 0 Å². The van der Waals surface area contributed by atoms with Crippen LogP contribution in [-0.2, 0) is 9.47 Å². The molecule has 0 saturated carbocycles. The van der Waals surface area contributed by atoms with Crippen molar-refractivity contribution in [2.45, 2.75) is 50.1 Å². The predicted octanol–water partition coefficient (Wildman–Crippen LogP) is 3.36. The molecule has 0 aliphatic carbocycles. The Morgan fingerprint density at radius 2 is 1.93 bits per heavy atom. The van der Waals surface area contributed by atoms with Crippen LogP contribution in [-0.4, -0.2) is 35.1 Å². The Morgan fingerprint density at radius 1 is 1.33 bits per heavy atom. The van der Waals surface area contributed by atoms with Crippen LogP contribution in [0.1, 0.15) is 33.6 Å². The van der Waals surface area contributed by atoms with Crippen molar-refractivity contribution in [2.75, 3.05) is 18.6 Å². The fraction of sp³-hybridized carbons (Fsp3) is 1.00. The number of rotatable bonds is 5. The van der Waals surface area contributed by atoms with Gasteiger partial charge in [0.2, 0.25) is 0 Å². The van der Waals surface area contributed by atoms with Crippen molar-refractivity contribution >= 4 is 23.5 Å². The number of hydrogen-bond acceptors (Lipinski definition) is 4. The topological polar surface area (TPSA) is 18.5 Å². The summed E-state index contributed by atoms with van der Waals surface area (Å²) in [4.78, 5) is 0. The van der Waals surface area contributed by atoms with E-state index in [0.717, 1.165) is 6.42 Å². The molecule has 0 aromatic rings. The molecule has 2 nitrogen and oxygen atoms in total. The van der Waals surface area contributed by atoms with Gasteiger partial charge in [-0.05, 0) is 45.1 Å². The largest absolute Gasteiger partial charge is 0.354 e. The van der Waals surface area contributed by atoms with Gasteiger partial charge in [-0.2, -0.15) is 0 Å². The zero-order chi connectivity index (χ0) is 11.3. The summed E-state index contributed by atoms with van der Waals surface area (Å²) in [5, 5.41) is 0. The van der Waals surface area contributed by atoms with Crippen LogP contribution in [0.25, 0.3) is 0 Å². The van der Waals surface area contributed by atoms with Crippen molar-refractivity contribution in [3.8, 4) is 0 Å². The number of thioether (sulfide) groups is 2. The molecule has 1 rings (SSSR count). The summed E-state index contributed by atoms with van der Waals surface area (Å²) in [6, 6.07) is 0. The summed E-state index contributed by atoms with van der Waals surface area (Å²) < 4.78 is 11.8. The van der Waals surface area contributed by atoms with E-state index in [4.69, 9.17) is 9.47 Å². The predicted molar refractivity (Wildman–Crippen MR) is 69.6 cm³/mol. The molecule has 0 radical (unpaired) electrons. The molecule has 0 aromatic heterocycles. The van der Waals surface area contributed by atoms with E-state index in [-0.39, 0.29) is 6.10 Å². The molecule has 0 unspecified atom stereocenters. The van der Waals surface area contributed by atoms with E-state index in [1.807, 2.05) is 13.8 Å². The van der Waals surface area contributed by atoms with Gasteiger partial charge in [0.05, 0.1) is 10.7 Å². The molecule has 1 atom stereocenters. The van der Waals surface area contributed by atoms with Crippen LogP contribution in [0.2, 0.25) is 0 Å². The lowest BCUT2D eigenvalue weighted by molar-refractivity contribution is -0.219. The molecule has 1 saturated heterocycles. The molecule has 0 bridgehead atoms. The third kappa shape index (κ3) is 5.48. The standard InChI is InChI=1S/C11H22O2S2/c1-9(13-11(2,3)12-4)8-10-14-6-5-7-15-10/h9-10H,5-8H2,1-4H3/t9-/m0/s1. The number of ether oxygens (including phenoxy) is 2. The van der Waals surface area contributed by atoms with E-state index in [1.54, 1.807) is 7.11 Å². The Kier molecular flexibility index (Phi) is 5.82. The molecule has 1 aliphatic heterocycles. The second-order valence-electron chi connectivity index (χ2n) is 4.29. The molecular weight excluding hydrogens is 228 g/mol. The molecule has 0 amide bonds. The average molecular weight is 250 g/mol. The molecular formula is C11H22O2S2. The lowest BCUT2D eigenvalue weighted by atomic mass is 10.3. The zero-order valence-corrected chi connectivity index (χ0v) is 11.7. The first-order chi connectivity index (χ1) is 7.03. The molecule has 90 valence electrons. The smallest absolute Gasteiger partial charge is 0.162 e. The summed E-state index contributed by atoms with van der Waals surface area (Å²) in [5.41, 5.74) is 0. The van der Waals surface area contributed by atoms with Crippen LogP contribution >= 0.6 is 23.5 Å². The van der Waals surface area contributed by atoms with Gasteiger partial charge in [0.15, 0.2) is 5.79 Å². The highest BCUT2D eigenvalue weighted by Crippen LogP contribution is 2.34. The van der Waals surface area contributed by atoms with E-state index in [2.05, 4.69) is 30.4 Å². The van der Waals surface area contributed by atoms with Gasteiger partial charge in [0.25, 0.3) is 0 Å². The molecule has 0 aromatic carbocycles. The minimum Gasteiger partial charge on any atom is -0.354 e. The molecule has 0 N–H and O–H groups in total. The van der Waals surface area contributed by atoms with Gasteiger partial charge >= 0.3 is 0 Å².